The molecule has 0 aliphatic carbocycles. The van der Waals surface area contributed by atoms with E-state index in [2.05, 4.69) is 6.92 Å². The Morgan fingerprint density at radius 3 is 2.15 bits per heavy atom. The molecular formula is C10H19BaO2+. The van der Waals surface area contributed by atoms with Crippen molar-refractivity contribution in [3.05, 3.63) is 0 Å². The Kier molecular flexibility index (Phi) is 10.6. The first-order valence-corrected chi connectivity index (χ1v) is 4.72. The third kappa shape index (κ3) is 8.06. The van der Waals surface area contributed by atoms with Crippen molar-refractivity contribution in [3.8, 4) is 0 Å². The van der Waals surface area contributed by atoms with E-state index in [4.69, 9.17) is 0 Å². The summed E-state index contributed by atoms with van der Waals surface area (Å²) in [6, 6.07) is 0. The number of carbonyl (C=O) groups excluding carboxylic acids is 1. The van der Waals surface area contributed by atoms with Crippen molar-refractivity contribution in [2.24, 2.45) is 5.41 Å². The summed E-state index contributed by atoms with van der Waals surface area (Å²) < 4.78 is 0. The van der Waals surface area contributed by atoms with E-state index in [1.165, 1.54) is 12.8 Å². The van der Waals surface area contributed by atoms with Crippen LogP contribution >= 0.6 is 0 Å². The van der Waals surface area contributed by atoms with Crippen LogP contribution in [-0.2, 0) is 4.79 Å². The van der Waals surface area contributed by atoms with E-state index in [-0.39, 0.29) is 48.9 Å². The first kappa shape index (κ1) is 16.5. The van der Waals surface area contributed by atoms with Crippen molar-refractivity contribution in [1.82, 2.24) is 0 Å². The maximum Gasteiger partial charge on any atom is 2.00 e. The summed E-state index contributed by atoms with van der Waals surface area (Å²) in [6.45, 7) is 5.60. The van der Waals surface area contributed by atoms with Gasteiger partial charge in [-0.15, -0.1) is 0 Å². The maximum atomic E-state index is 10.6. The Morgan fingerprint density at radius 1 is 1.23 bits per heavy atom. The number of hydrogen-bond acceptors (Lipinski definition) is 2. The summed E-state index contributed by atoms with van der Waals surface area (Å²) >= 11 is 0. The smallest absolute Gasteiger partial charge is 0.550 e. The average molecular weight is 309 g/mol. The summed E-state index contributed by atoms with van der Waals surface area (Å²) in [5.74, 6) is -0.931. The van der Waals surface area contributed by atoms with Crippen molar-refractivity contribution in [1.29, 1.82) is 0 Å². The summed E-state index contributed by atoms with van der Waals surface area (Å²) in [6.07, 6.45) is 5.24. The van der Waals surface area contributed by atoms with Crippen molar-refractivity contribution >= 4 is 54.9 Å². The zero-order chi connectivity index (χ0) is 9.61. The second-order valence-corrected chi connectivity index (χ2v) is 3.98. The van der Waals surface area contributed by atoms with Gasteiger partial charge >= 0.3 is 48.9 Å². The molecule has 0 aromatic rings. The topological polar surface area (TPSA) is 40.1 Å². The van der Waals surface area contributed by atoms with Crippen LogP contribution < -0.4 is 5.11 Å². The Hall–Kier alpha value is 1.04. The normalized spacial score (nSPS) is 10.7. The molecule has 0 fully saturated rings. The minimum Gasteiger partial charge on any atom is -0.550 e. The standard InChI is InChI=1S/C10H20O2.Ba/c1-4-5-6-7-8-10(2,3)9(11)12;/h4-8H2,1-3H3,(H,11,12);/q;+2/p-1. The molecule has 13 heavy (non-hydrogen) atoms. The summed E-state index contributed by atoms with van der Waals surface area (Å²) in [5.41, 5.74) is -0.645. The molecule has 0 radical (unpaired) electrons. The van der Waals surface area contributed by atoms with Gasteiger partial charge in [0.05, 0.1) is 0 Å². The molecular weight excluding hydrogens is 289 g/mol. The summed E-state index contributed by atoms with van der Waals surface area (Å²) in [7, 11) is 0. The zero-order valence-corrected chi connectivity index (χ0v) is 13.5. The molecule has 72 valence electrons. The third-order valence-electron chi connectivity index (χ3n) is 2.21. The number of carbonyl (C=O) groups is 1. The van der Waals surface area contributed by atoms with Gasteiger partial charge in [0.1, 0.15) is 0 Å². The molecule has 0 aromatic carbocycles. The van der Waals surface area contributed by atoms with Gasteiger partial charge in [-0.25, -0.2) is 0 Å². The van der Waals surface area contributed by atoms with Gasteiger partial charge in [0.15, 0.2) is 0 Å². The Bertz CT molecular complexity index is 144. The first-order valence-electron chi connectivity index (χ1n) is 4.72. The molecule has 0 saturated carbocycles. The number of carboxylic acids is 1. The molecule has 0 spiro atoms. The molecule has 0 heterocycles. The van der Waals surface area contributed by atoms with Crippen LogP contribution in [0.15, 0.2) is 0 Å². The van der Waals surface area contributed by atoms with Crippen LogP contribution in [0, 0.1) is 5.41 Å². The van der Waals surface area contributed by atoms with Gasteiger partial charge in [-0.05, 0) is 6.42 Å². The van der Waals surface area contributed by atoms with Gasteiger partial charge in [0.25, 0.3) is 0 Å². The molecule has 0 bridgehead atoms. The molecule has 0 saturated heterocycles. The third-order valence-corrected chi connectivity index (χ3v) is 2.21. The second-order valence-electron chi connectivity index (χ2n) is 3.98. The van der Waals surface area contributed by atoms with E-state index in [1.807, 2.05) is 0 Å². The van der Waals surface area contributed by atoms with Gasteiger partial charge in [-0.3, -0.25) is 0 Å². The van der Waals surface area contributed by atoms with E-state index in [1.54, 1.807) is 13.8 Å². The molecule has 0 aromatic heterocycles. The van der Waals surface area contributed by atoms with Crippen molar-refractivity contribution in [2.45, 2.75) is 52.9 Å². The first-order chi connectivity index (χ1) is 5.50. The molecule has 0 atom stereocenters. The summed E-state index contributed by atoms with van der Waals surface area (Å²) in [5, 5.41) is 10.6. The van der Waals surface area contributed by atoms with E-state index in [0.29, 0.717) is 0 Å². The fourth-order valence-electron chi connectivity index (χ4n) is 1.10. The number of rotatable bonds is 6. The second kappa shape index (κ2) is 8.36. The van der Waals surface area contributed by atoms with Crippen LogP contribution in [0.4, 0.5) is 0 Å². The zero-order valence-electron chi connectivity index (χ0n) is 9.06. The number of hydrogen-bond donors (Lipinski definition) is 0. The monoisotopic (exact) mass is 309 g/mol. The Balaban J connectivity index is 0. The van der Waals surface area contributed by atoms with E-state index in [9.17, 15) is 9.90 Å². The average Bonchev–Trinajstić information content (AvgIpc) is 1.98. The number of carboxylic acid groups (broad SMARTS) is 1. The SMILES string of the molecule is CCCCCCC(C)(C)C(=O)[O-].[Ba+2]. The van der Waals surface area contributed by atoms with Crippen LogP contribution in [0.3, 0.4) is 0 Å². The van der Waals surface area contributed by atoms with Crippen LogP contribution in [0.1, 0.15) is 52.9 Å². The molecule has 0 amide bonds. The molecule has 0 rings (SSSR count). The molecule has 0 aliphatic heterocycles. The molecule has 2 nitrogen and oxygen atoms in total. The van der Waals surface area contributed by atoms with E-state index >= 15 is 0 Å². The fraction of sp³-hybridized carbons (Fsp3) is 0.900. The minimum absolute atomic E-state index is 0. The van der Waals surface area contributed by atoms with Crippen LogP contribution in [0.25, 0.3) is 0 Å². The molecule has 0 N–H and O–H groups in total. The van der Waals surface area contributed by atoms with Gasteiger partial charge < -0.3 is 9.90 Å². The number of unbranched alkanes of at least 4 members (excludes halogenated alkanes) is 3. The van der Waals surface area contributed by atoms with Crippen LogP contribution in [0.2, 0.25) is 0 Å². The minimum atomic E-state index is -0.931. The van der Waals surface area contributed by atoms with Crippen molar-refractivity contribution < 1.29 is 9.90 Å². The number of aliphatic carboxylic acids is 1. The van der Waals surface area contributed by atoms with Crippen molar-refractivity contribution in [2.75, 3.05) is 0 Å². The van der Waals surface area contributed by atoms with Gasteiger partial charge in [-0.1, -0.05) is 46.5 Å². The Morgan fingerprint density at radius 2 is 1.77 bits per heavy atom. The van der Waals surface area contributed by atoms with Gasteiger partial charge in [-0.2, -0.15) is 0 Å². The molecule has 0 unspecified atom stereocenters. The van der Waals surface area contributed by atoms with E-state index < -0.39 is 11.4 Å². The molecule has 3 heteroatoms. The van der Waals surface area contributed by atoms with E-state index in [0.717, 1.165) is 19.3 Å². The van der Waals surface area contributed by atoms with Crippen LogP contribution in [0.5, 0.6) is 0 Å². The van der Waals surface area contributed by atoms with Crippen LogP contribution in [-0.4, -0.2) is 54.9 Å². The van der Waals surface area contributed by atoms with Crippen molar-refractivity contribution in [3.63, 3.8) is 0 Å². The van der Waals surface area contributed by atoms with Gasteiger partial charge in [0.2, 0.25) is 0 Å². The summed E-state index contributed by atoms with van der Waals surface area (Å²) in [4.78, 5) is 10.6. The fourth-order valence-corrected chi connectivity index (χ4v) is 1.10. The Labute approximate surface area is 122 Å². The largest absolute Gasteiger partial charge is 2.00 e. The maximum absolute atomic E-state index is 10.6. The molecule has 0 aliphatic rings. The predicted molar refractivity (Wildman–Crippen MR) is 53.3 cm³/mol. The van der Waals surface area contributed by atoms with Gasteiger partial charge in [0, 0.05) is 11.4 Å². The quantitative estimate of drug-likeness (QED) is 0.549. The predicted octanol–water partition coefficient (Wildman–Crippen LogP) is 1.35.